The number of rotatable bonds is 2. The molecule has 2 bridgehead atoms. The van der Waals surface area contributed by atoms with Crippen LogP contribution in [0.15, 0.2) is 12.7 Å². The molecule has 4 atom stereocenters. The largest absolute Gasteiger partial charge is 0.388 e. The summed E-state index contributed by atoms with van der Waals surface area (Å²) < 4.78 is 7.88. The summed E-state index contributed by atoms with van der Waals surface area (Å²) in [5.74, 6) is 0.787. The van der Waals surface area contributed by atoms with Crippen LogP contribution in [0.3, 0.4) is 0 Å². The fraction of sp³-hybridized carbons (Fsp3) is 0.643. The van der Waals surface area contributed by atoms with E-state index in [1.807, 2.05) is 23.6 Å². The van der Waals surface area contributed by atoms with Crippen molar-refractivity contribution in [3.05, 3.63) is 12.7 Å². The Bertz CT molecular complexity index is 668. The van der Waals surface area contributed by atoms with Crippen LogP contribution >= 0.6 is 0 Å². The molecule has 0 saturated carbocycles. The van der Waals surface area contributed by atoms with Gasteiger partial charge < -0.3 is 19.3 Å². The van der Waals surface area contributed by atoms with E-state index in [2.05, 4.69) is 15.0 Å². The Morgan fingerprint density at radius 2 is 2.05 bits per heavy atom. The molecule has 0 spiro atoms. The van der Waals surface area contributed by atoms with Crippen molar-refractivity contribution in [2.75, 3.05) is 19.0 Å². The van der Waals surface area contributed by atoms with Gasteiger partial charge in [-0.25, -0.2) is 15.0 Å². The molecule has 0 aliphatic carbocycles. The average molecular weight is 289 g/mol. The molecule has 4 rings (SSSR count). The van der Waals surface area contributed by atoms with E-state index in [9.17, 15) is 5.11 Å². The minimum Gasteiger partial charge on any atom is -0.388 e. The van der Waals surface area contributed by atoms with Crippen LogP contribution in [0, 0.1) is 0 Å². The topological polar surface area (TPSA) is 76.3 Å². The monoisotopic (exact) mass is 289 g/mol. The molecule has 4 heterocycles. The molecule has 2 aliphatic rings. The Kier molecular flexibility index (Phi) is 2.87. The van der Waals surface area contributed by atoms with Gasteiger partial charge in [-0.15, -0.1) is 0 Å². The van der Waals surface area contributed by atoms with E-state index >= 15 is 0 Å². The highest BCUT2D eigenvalue weighted by atomic mass is 16.5. The van der Waals surface area contributed by atoms with Crippen molar-refractivity contribution in [1.82, 2.24) is 19.5 Å². The smallest absolute Gasteiger partial charge is 0.165 e. The van der Waals surface area contributed by atoms with Gasteiger partial charge in [-0.1, -0.05) is 0 Å². The molecule has 7 heteroatoms. The first kappa shape index (κ1) is 13.0. The predicted molar refractivity (Wildman–Crippen MR) is 77.2 cm³/mol. The minimum atomic E-state index is -0.493. The molecule has 2 aromatic heterocycles. The van der Waals surface area contributed by atoms with Crippen molar-refractivity contribution >= 4 is 17.0 Å². The number of aliphatic hydroxyl groups is 1. The van der Waals surface area contributed by atoms with Crippen molar-refractivity contribution in [3.63, 3.8) is 0 Å². The normalized spacial score (nSPS) is 31.8. The summed E-state index contributed by atoms with van der Waals surface area (Å²) in [6, 6.07) is -0.104. The highest BCUT2D eigenvalue weighted by Gasteiger charge is 2.47. The zero-order valence-corrected chi connectivity index (χ0v) is 12.2. The molecule has 2 fully saturated rings. The Hall–Kier alpha value is -1.73. The highest BCUT2D eigenvalue weighted by molar-refractivity contribution is 5.83. The number of hydrogen-bond donors (Lipinski definition) is 1. The lowest BCUT2D eigenvalue weighted by Crippen LogP contribution is -2.28. The van der Waals surface area contributed by atoms with Crippen LogP contribution in [0.5, 0.6) is 0 Å². The second-order valence-corrected chi connectivity index (χ2v) is 6.04. The van der Waals surface area contributed by atoms with E-state index in [0.717, 1.165) is 36.2 Å². The Morgan fingerprint density at radius 3 is 2.81 bits per heavy atom. The minimum absolute atomic E-state index is 0.0499. The number of hydrogen-bond acceptors (Lipinski definition) is 6. The van der Waals surface area contributed by atoms with Crippen LogP contribution in [-0.2, 0) is 4.74 Å². The molecule has 0 radical (unpaired) electrons. The van der Waals surface area contributed by atoms with Crippen LogP contribution in [0.4, 0.5) is 5.82 Å². The fourth-order valence-corrected chi connectivity index (χ4v) is 3.55. The molecule has 1 N–H and O–H groups in total. The number of anilines is 1. The summed E-state index contributed by atoms with van der Waals surface area (Å²) in [6.07, 6.45) is 5.81. The average Bonchev–Trinajstić information content (AvgIpc) is 2.99. The SMILES string of the molecule is CN(C)c1ncnc2c1ncn2[C@@H]1[C@@H](O)[C@H]2CCC[C@@H]1O2. The van der Waals surface area contributed by atoms with Crippen LogP contribution in [0.25, 0.3) is 11.2 Å². The quantitative estimate of drug-likeness (QED) is 0.879. The molecular weight excluding hydrogens is 270 g/mol. The van der Waals surface area contributed by atoms with Gasteiger partial charge in [0.05, 0.1) is 24.6 Å². The molecule has 0 unspecified atom stereocenters. The van der Waals surface area contributed by atoms with Gasteiger partial charge in [0, 0.05) is 14.1 Å². The number of imidazole rings is 1. The summed E-state index contributed by atoms with van der Waals surface area (Å²) in [5, 5.41) is 10.5. The van der Waals surface area contributed by atoms with Crippen LogP contribution < -0.4 is 4.90 Å². The highest BCUT2D eigenvalue weighted by Crippen LogP contribution is 2.41. The number of fused-ring (bicyclic) bond motifs is 3. The molecule has 21 heavy (non-hydrogen) atoms. The van der Waals surface area contributed by atoms with Crippen molar-refractivity contribution in [2.45, 2.75) is 43.6 Å². The van der Waals surface area contributed by atoms with Crippen molar-refractivity contribution in [3.8, 4) is 0 Å². The van der Waals surface area contributed by atoms with Gasteiger partial charge in [0.15, 0.2) is 17.0 Å². The summed E-state index contributed by atoms with van der Waals surface area (Å²) in [5.41, 5.74) is 1.52. The molecule has 0 amide bonds. The lowest BCUT2D eigenvalue weighted by molar-refractivity contribution is -0.0229. The van der Waals surface area contributed by atoms with E-state index in [4.69, 9.17) is 4.74 Å². The number of nitrogens with zero attached hydrogens (tertiary/aromatic N) is 5. The third kappa shape index (κ3) is 1.84. The molecule has 0 aromatic carbocycles. The standard InChI is InChI=1S/C14H19N5O2/c1-18(2)13-10-14(16-6-15-13)19(7-17-10)11-8-4-3-5-9(21-8)12(11)20/h6-9,11-12,20H,3-5H2,1-2H3/t8-,9+,11-,12-/m0/s1. The zero-order valence-electron chi connectivity index (χ0n) is 12.2. The molecular formula is C14H19N5O2. The lowest BCUT2D eigenvalue weighted by Gasteiger charge is -2.22. The number of aromatic nitrogens is 4. The molecule has 2 saturated heterocycles. The Balaban J connectivity index is 1.82. The lowest BCUT2D eigenvalue weighted by atomic mass is 10.1. The van der Waals surface area contributed by atoms with Gasteiger partial charge in [-0.3, -0.25) is 0 Å². The van der Waals surface area contributed by atoms with Crippen molar-refractivity contribution < 1.29 is 9.84 Å². The third-order valence-electron chi connectivity index (χ3n) is 4.52. The van der Waals surface area contributed by atoms with Crippen LogP contribution in [0.2, 0.25) is 0 Å². The maximum atomic E-state index is 10.5. The van der Waals surface area contributed by atoms with E-state index in [0.29, 0.717) is 0 Å². The van der Waals surface area contributed by atoms with E-state index in [1.165, 1.54) is 0 Å². The Morgan fingerprint density at radius 1 is 1.24 bits per heavy atom. The Labute approximate surface area is 122 Å². The first-order valence-electron chi connectivity index (χ1n) is 7.35. The molecule has 2 aromatic rings. The van der Waals surface area contributed by atoms with Gasteiger partial charge in [-0.2, -0.15) is 0 Å². The van der Waals surface area contributed by atoms with Crippen molar-refractivity contribution in [1.29, 1.82) is 0 Å². The summed E-state index contributed by atoms with van der Waals surface area (Å²) in [4.78, 5) is 15.0. The van der Waals surface area contributed by atoms with Gasteiger partial charge >= 0.3 is 0 Å². The van der Waals surface area contributed by atoms with Crippen LogP contribution in [-0.4, -0.2) is 57.0 Å². The van der Waals surface area contributed by atoms with Crippen LogP contribution in [0.1, 0.15) is 25.3 Å². The van der Waals surface area contributed by atoms with E-state index < -0.39 is 6.10 Å². The van der Waals surface area contributed by atoms with E-state index in [-0.39, 0.29) is 18.2 Å². The maximum absolute atomic E-state index is 10.5. The fourth-order valence-electron chi connectivity index (χ4n) is 3.55. The van der Waals surface area contributed by atoms with Gasteiger partial charge in [0.2, 0.25) is 0 Å². The maximum Gasteiger partial charge on any atom is 0.165 e. The molecule has 112 valence electrons. The first-order valence-corrected chi connectivity index (χ1v) is 7.35. The predicted octanol–water partition coefficient (Wildman–Crippen LogP) is 0.746. The van der Waals surface area contributed by atoms with Gasteiger partial charge in [0.1, 0.15) is 12.4 Å². The third-order valence-corrected chi connectivity index (χ3v) is 4.52. The first-order chi connectivity index (χ1) is 10.2. The second kappa shape index (κ2) is 4.64. The molecule has 2 aliphatic heterocycles. The number of ether oxygens (including phenoxy) is 1. The zero-order chi connectivity index (χ0) is 14.6. The summed E-state index contributed by atoms with van der Waals surface area (Å²) in [6.45, 7) is 0. The van der Waals surface area contributed by atoms with E-state index in [1.54, 1.807) is 12.7 Å². The summed E-state index contributed by atoms with van der Waals surface area (Å²) in [7, 11) is 3.86. The number of aliphatic hydroxyl groups excluding tert-OH is 1. The van der Waals surface area contributed by atoms with Gasteiger partial charge in [-0.05, 0) is 19.3 Å². The summed E-state index contributed by atoms with van der Waals surface area (Å²) >= 11 is 0. The molecule has 7 nitrogen and oxygen atoms in total. The second-order valence-electron chi connectivity index (χ2n) is 6.04. The van der Waals surface area contributed by atoms with Gasteiger partial charge in [0.25, 0.3) is 0 Å². The van der Waals surface area contributed by atoms with Crippen molar-refractivity contribution in [2.24, 2.45) is 0 Å².